The summed E-state index contributed by atoms with van der Waals surface area (Å²) in [7, 11) is 0. The zero-order chi connectivity index (χ0) is 36.2. The first-order valence-electron chi connectivity index (χ1n) is 18.3. The van der Waals surface area contributed by atoms with E-state index in [1.807, 2.05) is 0 Å². The molecule has 0 aliphatic rings. The lowest BCUT2D eigenvalue weighted by atomic mass is 9.96. The number of hydrogen-bond acceptors (Lipinski definition) is 6. The molecule has 0 fully saturated rings. The fourth-order valence-corrected chi connectivity index (χ4v) is 5.81. The molecule has 1 N–H and O–H groups in total. The number of alkyl halides is 3. The van der Waals surface area contributed by atoms with Gasteiger partial charge < -0.3 is 14.6 Å². The van der Waals surface area contributed by atoms with Crippen LogP contribution in [0.3, 0.4) is 0 Å². The van der Waals surface area contributed by atoms with Gasteiger partial charge in [-0.1, -0.05) is 122 Å². The van der Waals surface area contributed by atoms with Crippen LogP contribution in [0.2, 0.25) is 0 Å². The van der Waals surface area contributed by atoms with Crippen LogP contribution < -0.4 is 4.74 Å². The molecule has 0 radical (unpaired) electrons. The normalized spacial score (nSPS) is 12.1. The lowest BCUT2D eigenvalue weighted by Crippen LogP contribution is -2.33. The molecule has 1 atom stereocenters. The van der Waals surface area contributed by atoms with Gasteiger partial charge in [0.05, 0.1) is 30.1 Å². The van der Waals surface area contributed by atoms with Gasteiger partial charge in [-0.25, -0.2) is 19.6 Å². The largest absolute Gasteiger partial charge is 0.490 e. The monoisotopic (exact) mass is 698 g/mol. The smallest absolute Gasteiger partial charge is 0.425 e. The summed E-state index contributed by atoms with van der Waals surface area (Å²) in [6.07, 6.45) is 13.3. The van der Waals surface area contributed by atoms with E-state index in [1.54, 1.807) is 24.5 Å². The Kier molecular flexibility index (Phi) is 17.8. The number of carbonyl (C=O) groups is 2. The Hall–Kier alpha value is -3.95. The molecule has 0 aliphatic heterocycles. The molecule has 10 heteroatoms. The van der Waals surface area contributed by atoms with Crippen molar-refractivity contribution >= 4 is 11.9 Å². The summed E-state index contributed by atoms with van der Waals surface area (Å²) in [5, 5.41) is 9.85. The number of esters is 1. The van der Waals surface area contributed by atoms with Crippen LogP contribution in [0.1, 0.15) is 144 Å². The van der Waals surface area contributed by atoms with Crippen LogP contribution in [0.4, 0.5) is 13.2 Å². The van der Waals surface area contributed by atoms with Gasteiger partial charge in [-0.15, -0.1) is 0 Å². The summed E-state index contributed by atoms with van der Waals surface area (Å²) in [5.41, 5.74) is 1.32. The number of carboxylic acid groups (broad SMARTS) is 1. The zero-order valence-corrected chi connectivity index (χ0v) is 29.6. The van der Waals surface area contributed by atoms with E-state index in [-0.39, 0.29) is 17.5 Å². The molecule has 1 aromatic heterocycles. The molecule has 50 heavy (non-hydrogen) atoms. The molecule has 0 unspecified atom stereocenters. The van der Waals surface area contributed by atoms with E-state index in [4.69, 9.17) is 9.47 Å². The molecular weight excluding hydrogens is 645 g/mol. The summed E-state index contributed by atoms with van der Waals surface area (Å²) >= 11 is 0. The van der Waals surface area contributed by atoms with Crippen molar-refractivity contribution in [3.8, 4) is 28.3 Å². The Morgan fingerprint density at radius 3 is 1.78 bits per heavy atom. The van der Waals surface area contributed by atoms with Gasteiger partial charge in [0.2, 0.25) is 0 Å². The SMILES string of the molecule is CCCCCCCCCCCCOc1cnc(-c2ccc(C(=O)O)c(-c3ccc(C(=O)O[C@H](CCCCCCCC)C(F)(F)F)cc3)c2)nc1. The van der Waals surface area contributed by atoms with E-state index in [9.17, 15) is 27.9 Å². The van der Waals surface area contributed by atoms with Crippen molar-refractivity contribution < 1.29 is 37.3 Å². The predicted octanol–water partition coefficient (Wildman–Crippen LogP) is 11.6. The average Bonchev–Trinajstić information content (AvgIpc) is 3.11. The molecule has 2 aromatic carbocycles. The summed E-state index contributed by atoms with van der Waals surface area (Å²) in [6, 6.07) is 10.4. The number of halogens is 3. The van der Waals surface area contributed by atoms with Gasteiger partial charge in [0, 0.05) is 5.56 Å². The van der Waals surface area contributed by atoms with Crippen molar-refractivity contribution in [1.82, 2.24) is 9.97 Å². The standard InChI is InChI=1S/C40H53F3N2O5/c1-3-5-7-9-11-12-13-14-16-18-26-49-33-28-44-37(45-29-33)32-24-25-34(38(46)47)35(27-32)30-20-22-31(23-21-30)39(48)50-36(40(41,42)43)19-17-15-10-8-6-4-2/h20-25,27-29,36H,3-19,26H2,1-2H3,(H,46,47)/t36-/m1/s1. The lowest BCUT2D eigenvalue weighted by Gasteiger charge is -2.21. The Morgan fingerprint density at radius 2 is 1.24 bits per heavy atom. The van der Waals surface area contributed by atoms with Gasteiger partial charge in [0.1, 0.15) is 0 Å². The minimum atomic E-state index is -4.67. The second kappa shape index (κ2) is 22.0. The highest BCUT2D eigenvalue weighted by Gasteiger charge is 2.42. The molecule has 0 bridgehead atoms. The predicted molar refractivity (Wildman–Crippen MR) is 190 cm³/mol. The van der Waals surface area contributed by atoms with Crippen molar-refractivity contribution in [1.29, 1.82) is 0 Å². The summed E-state index contributed by atoms with van der Waals surface area (Å²) in [5.74, 6) is -1.32. The van der Waals surface area contributed by atoms with Crippen LogP contribution in [-0.2, 0) is 4.74 Å². The number of benzene rings is 2. The number of carbonyl (C=O) groups excluding carboxylic acids is 1. The zero-order valence-electron chi connectivity index (χ0n) is 29.6. The van der Waals surface area contributed by atoms with E-state index in [0.717, 1.165) is 38.5 Å². The third kappa shape index (κ3) is 14.1. The van der Waals surface area contributed by atoms with Gasteiger partial charge in [-0.2, -0.15) is 13.2 Å². The fraction of sp³-hybridized carbons (Fsp3) is 0.550. The molecule has 0 aliphatic carbocycles. The van der Waals surface area contributed by atoms with Gasteiger partial charge >= 0.3 is 18.1 Å². The third-order valence-electron chi connectivity index (χ3n) is 8.77. The molecule has 0 amide bonds. The molecule has 7 nitrogen and oxygen atoms in total. The van der Waals surface area contributed by atoms with Gasteiger partial charge in [0.15, 0.2) is 17.7 Å². The quantitative estimate of drug-likeness (QED) is 0.0734. The first-order valence-corrected chi connectivity index (χ1v) is 18.3. The molecular formula is C40H53F3N2O5. The van der Waals surface area contributed by atoms with Crippen molar-refractivity contribution in [3.63, 3.8) is 0 Å². The second-order valence-electron chi connectivity index (χ2n) is 12.9. The highest BCUT2D eigenvalue weighted by atomic mass is 19.4. The maximum Gasteiger partial charge on any atom is 0.425 e. The number of hydrogen-bond donors (Lipinski definition) is 1. The number of aromatic nitrogens is 2. The molecule has 3 aromatic rings. The van der Waals surface area contributed by atoms with E-state index >= 15 is 0 Å². The molecule has 3 rings (SSSR count). The summed E-state index contributed by atoms with van der Waals surface area (Å²) in [6.45, 7) is 4.88. The van der Waals surface area contributed by atoms with Gasteiger partial charge in [-0.05, 0) is 54.7 Å². The highest BCUT2D eigenvalue weighted by molar-refractivity contribution is 5.97. The van der Waals surface area contributed by atoms with Crippen LogP contribution in [0.5, 0.6) is 5.75 Å². The van der Waals surface area contributed by atoms with Crippen LogP contribution in [0, 0.1) is 0 Å². The minimum absolute atomic E-state index is 0.0107. The van der Waals surface area contributed by atoms with Gasteiger partial charge in [-0.3, -0.25) is 0 Å². The van der Waals surface area contributed by atoms with Crippen LogP contribution in [-0.4, -0.2) is 45.9 Å². The number of ether oxygens (including phenoxy) is 2. The number of carboxylic acids is 1. The molecule has 0 saturated carbocycles. The van der Waals surface area contributed by atoms with E-state index in [2.05, 4.69) is 23.8 Å². The Balaban J connectivity index is 1.58. The fourth-order valence-electron chi connectivity index (χ4n) is 5.81. The van der Waals surface area contributed by atoms with Crippen LogP contribution in [0.25, 0.3) is 22.5 Å². The Morgan fingerprint density at radius 1 is 0.720 bits per heavy atom. The Bertz CT molecular complexity index is 1430. The summed E-state index contributed by atoms with van der Waals surface area (Å²) < 4.78 is 51.6. The topological polar surface area (TPSA) is 98.6 Å². The average molecular weight is 699 g/mol. The van der Waals surface area contributed by atoms with Crippen LogP contribution >= 0.6 is 0 Å². The maximum absolute atomic E-state index is 13.6. The molecule has 274 valence electrons. The number of rotatable bonds is 24. The van der Waals surface area contributed by atoms with Crippen LogP contribution in [0.15, 0.2) is 54.9 Å². The van der Waals surface area contributed by atoms with E-state index < -0.39 is 24.2 Å². The van der Waals surface area contributed by atoms with Crippen molar-refractivity contribution in [2.75, 3.05) is 6.61 Å². The Labute approximate surface area is 295 Å². The second-order valence-corrected chi connectivity index (χ2v) is 12.9. The minimum Gasteiger partial charge on any atom is -0.490 e. The molecule has 1 heterocycles. The van der Waals surface area contributed by atoms with Gasteiger partial charge in [0.25, 0.3) is 0 Å². The maximum atomic E-state index is 13.6. The third-order valence-corrected chi connectivity index (χ3v) is 8.77. The summed E-state index contributed by atoms with van der Waals surface area (Å²) in [4.78, 5) is 33.6. The highest BCUT2D eigenvalue weighted by Crippen LogP contribution is 2.31. The van der Waals surface area contributed by atoms with Crippen molar-refractivity contribution in [2.45, 2.75) is 135 Å². The first-order chi connectivity index (χ1) is 24.1. The molecule has 0 spiro atoms. The first kappa shape index (κ1) is 40.5. The van der Waals surface area contributed by atoms with E-state index in [0.29, 0.717) is 47.7 Å². The number of aromatic carboxylic acids is 1. The number of unbranched alkanes of at least 4 members (excludes halogenated alkanes) is 14. The van der Waals surface area contributed by atoms with Crippen molar-refractivity contribution in [2.24, 2.45) is 0 Å². The lowest BCUT2D eigenvalue weighted by molar-refractivity contribution is -0.206. The molecule has 0 saturated heterocycles. The van der Waals surface area contributed by atoms with Crippen molar-refractivity contribution in [3.05, 3.63) is 66.0 Å². The number of nitrogens with zero attached hydrogens (tertiary/aromatic N) is 2. The van der Waals surface area contributed by atoms with E-state index in [1.165, 1.54) is 81.7 Å².